The van der Waals surface area contributed by atoms with Gasteiger partial charge in [-0.2, -0.15) is 0 Å². The molecule has 0 aromatic heterocycles. The van der Waals surface area contributed by atoms with Crippen molar-refractivity contribution in [2.45, 2.75) is 26.2 Å². The molecule has 2 N–H and O–H groups in total. The van der Waals surface area contributed by atoms with Gasteiger partial charge in [0.2, 0.25) is 21.8 Å². The van der Waals surface area contributed by atoms with Crippen LogP contribution < -0.4 is 10.0 Å². The van der Waals surface area contributed by atoms with Crippen molar-refractivity contribution in [1.82, 2.24) is 4.90 Å². The van der Waals surface area contributed by atoms with E-state index in [1.54, 1.807) is 24.0 Å². The Bertz CT molecular complexity index is 858. The van der Waals surface area contributed by atoms with E-state index in [1.165, 1.54) is 11.0 Å². The van der Waals surface area contributed by atoms with Crippen LogP contribution in [0.25, 0.3) is 0 Å². The van der Waals surface area contributed by atoms with Gasteiger partial charge >= 0.3 is 0 Å². The molecule has 2 heterocycles. The molecule has 1 aromatic rings. The minimum absolute atomic E-state index is 0.0303. The third kappa shape index (κ3) is 4.65. The summed E-state index contributed by atoms with van der Waals surface area (Å²) in [6.45, 7) is 2.75. The Balaban J connectivity index is 1.68. The molecule has 2 saturated heterocycles. The van der Waals surface area contributed by atoms with Crippen LogP contribution in [0.1, 0.15) is 24.8 Å². The zero-order chi connectivity index (χ0) is 19.8. The molecule has 0 radical (unpaired) electrons. The van der Waals surface area contributed by atoms with E-state index in [4.69, 9.17) is 5.14 Å². The number of piperidine rings is 1. The molecule has 2 amide bonds. The Morgan fingerprint density at radius 1 is 1.33 bits per heavy atom. The van der Waals surface area contributed by atoms with E-state index in [9.17, 15) is 22.4 Å². The second kappa shape index (κ2) is 7.55. The van der Waals surface area contributed by atoms with Gasteiger partial charge in [0, 0.05) is 26.1 Å². The van der Waals surface area contributed by atoms with Crippen molar-refractivity contribution in [3.63, 3.8) is 0 Å². The highest BCUT2D eigenvalue weighted by Crippen LogP contribution is 2.30. The maximum Gasteiger partial charge on any atom is 0.228 e. The maximum atomic E-state index is 14.2. The monoisotopic (exact) mass is 397 g/mol. The van der Waals surface area contributed by atoms with Gasteiger partial charge in [-0.25, -0.2) is 17.9 Å². The third-order valence-electron chi connectivity index (χ3n) is 5.17. The van der Waals surface area contributed by atoms with Gasteiger partial charge in [0.15, 0.2) is 0 Å². The zero-order valence-electron chi connectivity index (χ0n) is 15.2. The Kier molecular flexibility index (Phi) is 5.53. The van der Waals surface area contributed by atoms with Gasteiger partial charge in [-0.15, -0.1) is 0 Å². The van der Waals surface area contributed by atoms with Crippen molar-refractivity contribution in [3.05, 3.63) is 29.6 Å². The van der Waals surface area contributed by atoms with Gasteiger partial charge in [0.1, 0.15) is 5.82 Å². The van der Waals surface area contributed by atoms with Gasteiger partial charge in [0.05, 0.1) is 17.4 Å². The minimum atomic E-state index is -3.60. The van der Waals surface area contributed by atoms with E-state index in [-0.39, 0.29) is 42.1 Å². The topological polar surface area (TPSA) is 101 Å². The Labute approximate surface area is 158 Å². The normalized spacial score (nSPS) is 23.7. The Morgan fingerprint density at radius 2 is 2.07 bits per heavy atom. The van der Waals surface area contributed by atoms with Crippen LogP contribution in [0.15, 0.2) is 18.2 Å². The quantitative estimate of drug-likeness (QED) is 0.819. The SMILES string of the molecule is Cc1ccc(N2CC(C(=O)N3CCCC(CS(N)(=O)=O)C3)CC2=O)c(F)c1. The van der Waals surface area contributed by atoms with Crippen molar-refractivity contribution >= 4 is 27.5 Å². The first kappa shape index (κ1) is 19.8. The largest absolute Gasteiger partial charge is 0.342 e. The molecule has 148 valence electrons. The molecule has 3 rings (SSSR count). The van der Waals surface area contributed by atoms with Crippen LogP contribution in [-0.4, -0.2) is 50.5 Å². The number of nitrogens with two attached hydrogens (primary N) is 1. The summed E-state index contributed by atoms with van der Waals surface area (Å²) in [4.78, 5) is 28.1. The van der Waals surface area contributed by atoms with Crippen molar-refractivity contribution in [2.24, 2.45) is 17.0 Å². The lowest BCUT2D eigenvalue weighted by Gasteiger charge is -2.33. The molecule has 2 fully saturated rings. The highest BCUT2D eigenvalue weighted by atomic mass is 32.2. The fourth-order valence-corrected chi connectivity index (χ4v) is 4.85. The number of carbonyl (C=O) groups excluding carboxylic acids is 2. The van der Waals surface area contributed by atoms with E-state index in [2.05, 4.69) is 0 Å². The first-order chi connectivity index (χ1) is 12.6. The van der Waals surface area contributed by atoms with Gasteiger partial charge in [-0.3, -0.25) is 9.59 Å². The number of likely N-dealkylation sites (tertiary alicyclic amines) is 1. The number of anilines is 1. The lowest BCUT2D eigenvalue weighted by atomic mass is 9.98. The fraction of sp³-hybridized carbons (Fsp3) is 0.556. The van der Waals surface area contributed by atoms with Crippen molar-refractivity contribution in [2.75, 3.05) is 30.3 Å². The molecule has 1 aromatic carbocycles. The number of primary sulfonamides is 1. The molecule has 0 bridgehead atoms. The summed E-state index contributed by atoms with van der Waals surface area (Å²) in [6, 6.07) is 4.64. The van der Waals surface area contributed by atoms with Crippen molar-refractivity contribution in [3.8, 4) is 0 Å². The summed E-state index contributed by atoms with van der Waals surface area (Å²) < 4.78 is 36.8. The van der Waals surface area contributed by atoms with E-state index < -0.39 is 21.8 Å². The molecule has 2 aliphatic rings. The lowest BCUT2D eigenvalue weighted by Crippen LogP contribution is -2.45. The highest BCUT2D eigenvalue weighted by molar-refractivity contribution is 7.89. The van der Waals surface area contributed by atoms with E-state index in [1.807, 2.05) is 0 Å². The standard InChI is InChI=1S/C18H24FN3O4S/c1-12-4-5-16(15(19)7-12)22-10-14(8-17(22)23)18(24)21-6-2-3-13(9-21)11-27(20,25)26/h4-5,7,13-14H,2-3,6,8-11H2,1H3,(H2,20,25,26). The van der Waals surface area contributed by atoms with Crippen LogP contribution >= 0.6 is 0 Å². The number of hydrogen-bond donors (Lipinski definition) is 1. The summed E-state index contributed by atoms with van der Waals surface area (Å²) in [5.41, 5.74) is 0.941. The molecule has 0 saturated carbocycles. The van der Waals surface area contributed by atoms with E-state index in [0.717, 1.165) is 5.56 Å². The van der Waals surface area contributed by atoms with Crippen LogP contribution in [0.4, 0.5) is 10.1 Å². The van der Waals surface area contributed by atoms with Crippen LogP contribution in [0, 0.1) is 24.6 Å². The number of nitrogens with zero attached hydrogens (tertiary/aromatic N) is 2. The molecule has 2 unspecified atom stereocenters. The number of halogens is 1. The minimum Gasteiger partial charge on any atom is -0.342 e. The second-order valence-electron chi connectivity index (χ2n) is 7.48. The van der Waals surface area contributed by atoms with Gasteiger partial charge < -0.3 is 9.80 Å². The predicted molar refractivity (Wildman–Crippen MR) is 98.9 cm³/mol. The average molecular weight is 397 g/mol. The number of amides is 2. The van der Waals surface area contributed by atoms with Gasteiger partial charge in [-0.05, 0) is 43.4 Å². The predicted octanol–water partition coefficient (Wildman–Crippen LogP) is 1.01. The molecule has 2 aliphatic heterocycles. The summed E-state index contributed by atoms with van der Waals surface area (Å²) in [7, 11) is -3.60. The first-order valence-electron chi connectivity index (χ1n) is 9.00. The molecular weight excluding hydrogens is 373 g/mol. The summed E-state index contributed by atoms with van der Waals surface area (Å²) >= 11 is 0. The second-order valence-corrected chi connectivity index (χ2v) is 9.14. The van der Waals surface area contributed by atoms with Crippen LogP contribution in [-0.2, 0) is 19.6 Å². The third-order valence-corrected chi connectivity index (χ3v) is 6.10. The van der Waals surface area contributed by atoms with Crippen LogP contribution in [0.3, 0.4) is 0 Å². The smallest absolute Gasteiger partial charge is 0.228 e. The molecule has 2 atom stereocenters. The number of rotatable bonds is 4. The van der Waals surface area contributed by atoms with E-state index >= 15 is 0 Å². The molecule has 27 heavy (non-hydrogen) atoms. The average Bonchev–Trinajstić information content (AvgIpc) is 2.94. The summed E-state index contributed by atoms with van der Waals surface area (Å²) in [6.07, 6.45) is 1.43. The summed E-state index contributed by atoms with van der Waals surface area (Å²) in [5, 5.41) is 5.12. The number of carbonyl (C=O) groups is 2. The molecule has 0 aliphatic carbocycles. The number of sulfonamides is 1. The van der Waals surface area contributed by atoms with E-state index in [0.29, 0.717) is 25.9 Å². The van der Waals surface area contributed by atoms with Crippen LogP contribution in [0.5, 0.6) is 0 Å². The highest BCUT2D eigenvalue weighted by Gasteiger charge is 2.39. The fourth-order valence-electron chi connectivity index (χ4n) is 3.92. The number of aryl methyl sites for hydroxylation is 1. The lowest BCUT2D eigenvalue weighted by molar-refractivity contribution is -0.137. The molecule has 7 nitrogen and oxygen atoms in total. The van der Waals surface area contributed by atoms with Gasteiger partial charge in [-0.1, -0.05) is 6.07 Å². The Hall–Kier alpha value is -2.00. The maximum absolute atomic E-state index is 14.2. The molecule has 0 spiro atoms. The summed E-state index contributed by atoms with van der Waals surface area (Å²) in [5.74, 6) is -1.85. The number of benzene rings is 1. The number of hydrogen-bond acceptors (Lipinski definition) is 4. The van der Waals surface area contributed by atoms with Crippen molar-refractivity contribution in [1.29, 1.82) is 0 Å². The van der Waals surface area contributed by atoms with Gasteiger partial charge in [0.25, 0.3) is 0 Å². The zero-order valence-corrected chi connectivity index (χ0v) is 16.0. The first-order valence-corrected chi connectivity index (χ1v) is 10.7. The molecular formula is C18H24FN3O4S. The van der Waals surface area contributed by atoms with Crippen LogP contribution in [0.2, 0.25) is 0 Å². The van der Waals surface area contributed by atoms with Crippen molar-refractivity contribution < 1.29 is 22.4 Å². The molecule has 9 heteroatoms. The Morgan fingerprint density at radius 3 is 2.74 bits per heavy atom.